The molecule has 122 valence electrons. The zero-order valence-electron chi connectivity index (χ0n) is 13.9. The highest BCUT2D eigenvalue weighted by Gasteiger charge is 2.21. The fraction of sp³-hybridized carbons (Fsp3) is 0.136. The summed E-state index contributed by atoms with van der Waals surface area (Å²) in [6, 6.07) is 26.4. The molecule has 1 heterocycles. The summed E-state index contributed by atoms with van der Waals surface area (Å²) in [6.07, 6.45) is 0.981. The van der Waals surface area contributed by atoms with Crippen molar-refractivity contribution in [1.29, 1.82) is 5.26 Å². The van der Waals surface area contributed by atoms with Crippen molar-refractivity contribution < 1.29 is 4.74 Å². The Morgan fingerprint density at radius 3 is 2.68 bits per heavy atom. The fourth-order valence-electron chi connectivity index (χ4n) is 3.22. The molecule has 3 aromatic carbocycles. The van der Waals surface area contributed by atoms with Crippen LogP contribution in [0.25, 0.3) is 0 Å². The number of fused-ring (bicyclic) bond motifs is 1. The molecule has 25 heavy (non-hydrogen) atoms. The van der Waals surface area contributed by atoms with Gasteiger partial charge in [0.1, 0.15) is 12.4 Å². The highest BCUT2D eigenvalue weighted by Crippen LogP contribution is 2.36. The summed E-state index contributed by atoms with van der Waals surface area (Å²) < 4.78 is 5.93. The maximum Gasteiger partial charge on any atom is 0.120 e. The Kier molecular flexibility index (Phi) is 4.10. The summed E-state index contributed by atoms with van der Waals surface area (Å²) in [5, 5.41) is 9.10. The molecule has 0 N–H and O–H groups in total. The molecule has 0 bridgehead atoms. The molecule has 0 aromatic heterocycles. The van der Waals surface area contributed by atoms with Gasteiger partial charge in [0.05, 0.1) is 11.6 Å². The van der Waals surface area contributed by atoms with Gasteiger partial charge in [-0.2, -0.15) is 5.26 Å². The summed E-state index contributed by atoms with van der Waals surface area (Å²) >= 11 is 0. The van der Waals surface area contributed by atoms with E-state index in [1.807, 2.05) is 42.5 Å². The van der Waals surface area contributed by atoms with Crippen molar-refractivity contribution in [2.45, 2.75) is 13.0 Å². The number of nitriles is 1. The van der Waals surface area contributed by atoms with Gasteiger partial charge in [-0.1, -0.05) is 36.4 Å². The number of nitrogens with zero attached hydrogens (tertiary/aromatic N) is 2. The molecule has 0 aliphatic carbocycles. The Labute approximate surface area is 147 Å². The van der Waals surface area contributed by atoms with E-state index in [1.54, 1.807) is 0 Å². The van der Waals surface area contributed by atoms with Gasteiger partial charge < -0.3 is 9.64 Å². The molecule has 3 nitrogen and oxygen atoms in total. The van der Waals surface area contributed by atoms with Crippen molar-refractivity contribution in [3.63, 3.8) is 0 Å². The fourth-order valence-corrected chi connectivity index (χ4v) is 3.22. The second kappa shape index (κ2) is 6.70. The monoisotopic (exact) mass is 326 g/mol. The topological polar surface area (TPSA) is 36.3 Å². The van der Waals surface area contributed by atoms with Crippen LogP contribution in [0, 0.1) is 11.3 Å². The van der Waals surface area contributed by atoms with E-state index in [0.29, 0.717) is 12.2 Å². The molecule has 0 spiro atoms. The third-order valence-corrected chi connectivity index (χ3v) is 4.48. The van der Waals surface area contributed by atoms with Crippen molar-refractivity contribution in [2.75, 3.05) is 11.4 Å². The molecule has 0 saturated heterocycles. The van der Waals surface area contributed by atoms with Crippen LogP contribution in [0.15, 0.2) is 72.8 Å². The molecule has 1 aliphatic heterocycles. The first-order chi connectivity index (χ1) is 12.3. The number of ether oxygens (including phenoxy) is 1. The number of rotatable bonds is 4. The summed E-state index contributed by atoms with van der Waals surface area (Å²) in [6.45, 7) is 1.50. The first-order valence-electron chi connectivity index (χ1n) is 8.41. The molecule has 3 aromatic rings. The van der Waals surface area contributed by atoms with Gasteiger partial charge in [0.25, 0.3) is 0 Å². The highest BCUT2D eigenvalue weighted by atomic mass is 16.5. The molecule has 0 radical (unpaired) electrons. The average Bonchev–Trinajstić information content (AvgIpc) is 3.10. The lowest BCUT2D eigenvalue weighted by Crippen LogP contribution is -2.13. The first-order valence-corrected chi connectivity index (χ1v) is 8.41. The van der Waals surface area contributed by atoms with E-state index in [0.717, 1.165) is 30.0 Å². The van der Waals surface area contributed by atoms with Crippen LogP contribution in [-0.4, -0.2) is 6.54 Å². The molecule has 1 aliphatic rings. The van der Waals surface area contributed by atoms with Gasteiger partial charge in [0.15, 0.2) is 0 Å². The third kappa shape index (κ3) is 3.20. The van der Waals surface area contributed by atoms with E-state index in [-0.39, 0.29) is 0 Å². The average molecular weight is 326 g/mol. The van der Waals surface area contributed by atoms with E-state index in [1.165, 1.54) is 11.3 Å². The van der Waals surface area contributed by atoms with Crippen LogP contribution in [0.1, 0.15) is 16.7 Å². The molecular weight excluding hydrogens is 308 g/mol. The van der Waals surface area contributed by atoms with Crippen LogP contribution in [0.2, 0.25) is 0 Å². The standard InChI is InChI=1S/C22H18N2O/c23-15-18-7-4-8-20(13-18)24-12-11-19-14-21(9-10-22(19)24)25-16-17-5-2-1-3-6-17/h1-10,13-14H,11-12,16H2. The predicted octanol–water partition coefficient (Wildman–Crippen LogP) is 4.83. The molecule has 0 unspecified atom stereocenters. The Morgan fingerprint density at radius 2 is 1.84 bits per heavy atom. The van der Waals surface area contributed by atoms with Gasteiger partial charge in [0, 0.05) is 17.9 Å². The largest absolute Gasteiger partial charge is 0.489 e. The lowest BCUT2D eigenvalue weighted by Gasteiger charge is -2.20. The number of benzene rings is 3. The number of hydrogen-bond donors (Lipinski definition) is 0. The van der Waals surface area contributed by atoms with Gasteiger partial charge >= 0.3 is 0 Å². The van der Waals surface area contributed by atoms with E-state index >= 15 is 0 Å². The SMILES string of the molecule is N#Cc1cccc(N2CCc3cc(OCc4ccccc4)ccc32)c1. The summed E-state index contributed by atoms with van der Waals surface area (Å²) in [7, 11) is 0. The van der Waals surface area contributed by atoms with Crippen molar-refractivity contribution >= 4 is 11.4 Å². The van der Waals surface area contributed by atoms with Crippen LogP contribution in [-0.2, 0) is 13.0 Å². The molecule has 0 fully saturated rings. The number of hydrogen-bond acceptors (Lipinski definition) is 3. The third-order valence-electron chi connectivity index (χ3n) is 4.48. The first kappa shape index (κ1) is 15.3. The van der Waals surface area contributed by atoms with Gasteiger partial charge in [-0.3, -0.25) is 0 Å². The second-order valence-corrected chi connectivity index (χ2v) is 6.13. The van der Waals surface area contributed by atoms with Gasteiger partial charge in [0.2, 0.25) is 0 Å². The van der Waals surface area contributed by atoms with Crippen LogP contribution in [0.5, 0.6) is 5.75 Å². The lowest BCUT2D eigenvalue weighted by molar-refractivity contribution is 0.306. The van der Waals surface area contributed by atoms with Crippen molar-refractivity contribution in [2.24, 2.45) is 0 Å². The van der Waals surface area contributed by atoms with Crippen LogP contribution in [0.3, 0.4) is 0 Å². The van der Waals surface area contributed by atoms with Crippen LogP contribution < -0.4 is 9.64 Å². The van der Waals surface area contributed by atoms with Crippen LogP contribution >= 0.6 is 0 Å². The van der Waals surface area contributed by atoms with E-state index in [2.05, 4.69) is 41.3 Å². The minimum atomic E-state index is 0.577. The van der Waals surface area contributed by atoms with Crippen molar-refractivity contribution in [3.05, 3.63) is 89.5 Å². The molecule has 0 saturated carbocycles. The predicted molar refractivity (Wildman–Crippen MR) is 99.1 cm³/mol. The zero-order chi connectivity index (χ0) is 17.1. The van der Waals surface area contributed by atoms with Crippen molar-refractivity contribution in [3.8, 4) is 11.8 Å². The summed E-state index contributed by atoms with van der Waals surface area (Å²) in [4.78, 5) is 2.26. The maximum atomic E-state index is 9.10. The zero-order valence-corrected chi connectivity index (χ0v) is 13.9. The smallest absolute Gasteiger partial charge is 0.120 e. The molecule has 0 atom stereocenters. The van der Waals surface area contributed by atoms with Crippen molar-refractivity contribution in [1.82, 2.24) is 0 Å². The van der Waals surface area contributed by atoms with Crippen LogP contribution in [0.4, 0.5) is 11.4 Å². The summed E-state index contributed by atoms with van der Waals surface area (Å²) in [5.41, 5.74) is 5.40. The molecular formula is C22H18N2O. The number of anilines is 2. The van der Waals surface area contributed by atoms with E-state index in [4.69, 9.17) is 10.00 Å². The normalized spacial score (nSPS) is 12.5. The van der Waals surface area contributed by atoms with E-state index < -0.39 is 0 Å². The second-order valence-electron chi connectivity index (χ2n) is 6.13. The highest BCUT2D eigenvalue weighted by molar-refractivity contribution is 5.71. The Morgan fingerprint density at radius 1 is 0.960 bits per heavy atom. The molecule has 3 heteroatoms. The molecule has 4 rings (SSSR count). The Hall–Kier alpha value is -3.25. The minimum absolute atomic E-state index is 0.577. The Balaban J connectivity index is 1.53. The molecule has 0 amide bonds. The maximum absolute atomic E-state index is 9.10. The quantitative estimate of drug-likeness (QED) is 0.689. The summed E-state index contributed by atoms with van der Waals surface area (Å²) in [5.74, 6) is 0.898. The van der Waals surface area contributed by atoms with Gasteiger partial charge in [-0.15, -0.1) is 0 Å². The minimum Gasteiger partial charge on any atom is -0.489 e. The Bertz CT molecular complexity index is 928. The lowest BCUT2D eigenvalue weighted by atomic mass is 10.1. The van der Waals surface area contributed by atoms with Gasteiger partial charge in [-0.25, -0.2) is 0 Å². The van der Waals surface area contributed by atoms with Gasteiger partial charge in [-0.05, 0) is 53.9 Å². The van der Waals surface area contributed by atoms with E-state index in [9.17, 15) is 0 Å².